The van der Waals surface area contributed by atoms with Gasteiger partial charge in [-0.1, -0.05) is 17.7 Å². The van der Waals surface area contributed by atoms with Crippen molar-refractivity contribution in [2.75, 3.05) is 63.2 Å². The Morgan fingerprint density at radius 3 is 2.88 bits per heavy atom. The van der Waals surface area contributed by atoms with E-state index in [4.69, 9.17) is 25.8 Å². The first-order chi connectivity index (χ1) is 20.9. The van der Waals surface area contributed by atoms with Crippen molar-refractivity contribution in [1.82, 2.24) is 19.8 Å². The summed E-state index contributed by atoms with van der Waals surface area (Å²) < 4.78 is 30.7. The van der Waals surface area contributed by atoms with Gasteiger partial charge in [-0.15, -0.1) is 0 Å². The highest BCUT2D eigenvalue weighted by Crippen LogP contribution is 2.35. The fraction of sp³-hybridized carbons (Fsp3) is 0.400. The number of aromatic nitrogens is 2. The number of nitrogens with one attached hydrogen (secondary N) is 2. The molecule has 0 spiro atoms. The molecule has 0 radical (unpaired) electrons. The van der Waals surface area contributed by atoms with E-state index in [1.807, 2.05) is 6.08 Å². The third-order valence-electron chi connectivity index (χ3n) is 7.73. The number of hydrogen-bond acceptors (Lipinski definition) is 10. The van der Waals surface area contributed by atoms with Crippen LogP contribution in [0.25, 0.3) is 10.9 Å². The Hall–Kier alpha value is -3.84. The SMILES string of the molecule is O=C(C=CCN1CCN2CC(=O)OCC2C1)Nc1cc2c(Nc3ccc(F)c(Cl)c3)ncnc2cc1OC1CCOCC1. The minimum atomic E-state index is -0.519. The molecule has 6 rings (SSSR count). The summed E-state index contributed by atoms with van der Waals surface area (Å²) in [5, 5.41) is 6.75. The van der Waals surface area contributed by atoms with Crippen molar-refractivity contribution in [1.29, 1.82) is 0 Å². The van der Waals surface area contributed by atoms with Gasteiger partial charge in [-0.25, -0.2) is 14.4 Å². The number of cyclic esters (lactones) is 1. The van der Waals surface area contributed by atoms with Crippen molar-refractivity contribution < 1.29 is 28.2 Å². The fourth-order valence-electron chi connectivity index (χ4n) is 5.44. The normalized spacial score (nSPS) is 20.1. The third kappa shape index (κ3) is 7.21. The topological polar surface area (TPSA) is 118 Å². The molecule has 1 atom stereocenters. The van der Waals surface area contributed by atoms with Crippen LogP contribution in [0.5, 0.6) is 5.75 Å². The van der Waals surface area contributed by atoms with Gasteiger partial charge >= 0.3 is 5.97 Å². The molecule has 2 N–H and O–H groups in total. The lowest BCUT2D eigenvalue weighted by Gasteiger charge is -2.42. The Labute approximate surface area is 252 Å². The van der Waals surface area contributed by atoms with Crippen molar-refractivity contribution in [3.63, 3.8) is 0 Å². The lowest BCUT2D eigenvalue weighted by atomic mass is 10.1. The second kappa shape index (κ2) is 13.2. The van der Waals surface area contributed by atoms with Gasteiger partial charge in [0.15, 0.2) is 0 Å². The zero-order valence-electron chi connectivity index (χ0n) is 23.4. The first kappa shape index (κ1) is 29.2. The van der Waals surface area contributed by atoms with Gasteiger partial charge in [0.1, 0.15) is 36.4 Å². The number of anilines is 3. The van der Waals surface area contributed by atoms with E-state index in [9.17, 15) is 14.0 Å². The molecule has 3 aromatic rings. The Kier molecular flexibility index (Phi) is 8.98. The number of halogens is 2. The first-order valence-electron chi connectivity index (χ1n) is 14.3. The standard InChI is InChI=1S/C30H32ClFN6O5/c31-23-12-19(3-4-24(23)32)35-30-22-13-26(27(14-25(22)33-18-34-30)43-21-5-10-41-11-6-21)36-28(39)2-1-7-37-8-9-38-16-29(40)42-17-20(38)15-37/h1-4,12-14,18,20-21H,5-11,15-17H2,(H,36,39)(H,33,34,35). The van der Waals surface area contributed by atoms with Crippen LogP contribution in [-0.4, -0.2) is 96.3 Å². The highest BCUT2D eigenvalue weighted by atomic mass is 35.5. The molecule has 3 fully saturated rings. The Balaban J connectivity index is 1.19. The second-order valence-electron chi connectivity index (χ2n) is 10.7. The number of amides is 1. The molecule has 0 aliphatic carbocycles. The van der Waals surface area contributed by atoms with E-state index in [0.717, 1.165) is 32.5 Å². The van der Waals surface area contributed by atoms with Crippen LogP contribution < -0.4 is 15.4 Å². The second-order valence-corrected chi connectivity index (χ2v) is 11.1. The summed E-state index contributed by atoms with van der Waals surface area (Å²) in [5.41, 5.74) is 1.63. The number of benzene rings is 2. The molecule has 0 bridgehead atoms. The summed E-state index contributed by atoms with van der Waals surface area (Å²) in [5.74, 6) is -0.0422. The molecule has 1 unspecified atom stereocenters. The molecule has 1 aromatic heterocycles. The lowest BCUT2D eigenvalue weighted by molar-refractivity contribution is -0.157. The average molecular weight is 611 g/mol. The number of esters is 1. The number of carbonyl (C=O) groups excluding carboxylic acids is 2. The molecule has 43 heavy (non-hydrogen) atoms. The quantitative estimate of drug-likeness (QED) is 0.288. The monoisotopic (exact) mass is 610 g/mol. The van der Waals surface area contributed by atoms with Gasteiger partial charge in [0, 0.05) is 62.2 Å². The van der Waals surface area contributed by atoms with E-state index < -0.39 is 5.82 Å². The van der Waals surface area contributed by atoms with E-state index in [1.165, 1.54) is 24.5 Å². The highest BCUT2D eigenvalue weighted by molar-refractivity contribution is 6.31. The molecular weight excluding hydrogens is 579 g/mol. The molecule has 11 nitrogen and oxygen atoms in total. The Morgan fingerprint density at radius 1 is 1.19 bits per heavy atom. The van der Waals surface area contributed by atoms with Gasteiger partial charge < -0.3 is 24.8 Å². The van der Waals surface area contributed by atoms with Crippen LogP contribution in [0.3, 0.4) is 0 Å². The van der Waals surface area contributed by atoms with E-state index in [-0.39, 0.29) is 29.0 Å². The van der Waals surface area contributed by atoms with E-state index in [2.05, 4.69) is 30.4 Å². The van der Waals surface area contributed by atoms with Gasteiger partial charge in [0.2, 0.25) is 5.91 Å². The van der Waals surface area contributed by atoms with Crippen molar-refractivity contribution >= 4 is 51.6 Å². The number of hydrogen-bond donors (Lipinski definition) is 2. The zero-order valence-corrected chi connectivity index (χ0v) is 24.2. The number of fused-ring (bicyclic) bond motifs is 2. The van der Waals surface area contributed by atoms with Gasteiger partial charge in [-0.2, -0.15) is 0 Å². The zero-order chi connectivity index (χ0) is 29.8. The molecule has 13 heteroatoms. The van der Waals surface area contributed by atoms with Crippen LogP contribution >= 0.6 is 11.6 Å². The molecule has 0 saturated carbocycles. The van der Waals surface area contributed by atoms with E-state index in [1.54, 1.807) is 18.2 Å². The van der Waals surface area contributed by atoms with Gasteiger partial charge in [-0.3, -0.25) is 19.4 Å². The van der Waals surface area contributed by atoms with Crippen LogP contribution in [-0.2, 0) is 19.1 Å². The highest BCUT2D eigenvalue weighted by Gasteiger charge is 2.32. The van der Waals surface area contributed by atoms with Gasteiger partial charge in [0.25, 0.3) is 0 Å². The predicted molar refractivity (Wildman–Crippen MR) is 159 cm³/mol. The molecule has 2 aromatic carbocycles. The minimum Gasteiger partial charge on any atom is -0.488 e. The van der Waals surface area contributed by atoms with Crippen LogP contribution in [0.2, 0.25) is 5.02 Å². The van der Waals surface area contributed by atoms with Crippen molar-refractivity contribution in [2.45, 2.75) is 25.0 Å². The fourth-order valence-corrected chi connectivity index (χ4v) is 5.62. The summed E-state index contributed by atoms with van der Waals surface area (Å²) in [6, 6.07) is 8.04. The summed E-state index contributed by atoms with van der Waals surface area (Å²) >= 11 is 5.97. The number of piperazine rings is 1. The summed E-state index contributed by atoms with van der Waals surface area (Å²) in [7, 11) is 0. The third-order valence-corrected chi connectivity index (χ3v) is 8.02. The molecule has 4 heterocycles. The maximum absolute atomic E-state index is 13.7. The number of morpholine rings is 1. The van der Waals surface area contributed by atoms with Crippen LogP contribution in [0.15, 0.2) is 48.8 Å². The molecule has 3 saturated heterocycles. The predicted octanol–water partition coefficient (Wildman–Crippen LogP) is 3.76. The van der Waals surface area contributed by atoms with Gasteiger partial charge in [-0.05, 0) is 24.3 Å². The van der Waals surface area contributed by atoms with Crippen LogP contribution in [0.4, 0.5) is 21.6 Å². The summed E-state index contributed by atoms with van der Waals surface area (Å²) in [6.07, 6.45) is 6.18. The number of rotatable bonds is 8. The van der Waals surface area contributed by atoms with Crippen LogP contribution in [0.1, 0.15) is 12.8 Å². The summed E-state index contributed by atoms with van der Waals surface area (Å²) in [6.45, 7) is 4.89. The van der Waals surface area contributed by atoms with Crippen molar-refractivity contribution in [3.8, 4) is 5.75 Å². The Bertz CT molecular complexity index is 1530. The van der Waals surface area contributed by atoms with Crippen molar-refractivity contribution in [3.05, 3.63) is 59.7 Å². The Morgan fingerprint density at radius 2 is 2.05 bits per heavy atom. The van der Waals surface area contributed by atoms with Crippen molar-refractivity contribution in [2.24, 2.45) is 0 Å². The largest absolute Gasteiger partial charge is 0.488 e. The minimum absolute atomic E-state index is 0.0145. The van der Waals surface area contributed by atoms with Crippen LogP contribution in [0, 0.1) is 5.82 Å². The molecule has 3 aliphatic rings. The molecular formula is C30H32ClFN6O5. The average Bonchev–Trinajstić information content (AvgIpc) is 3.00. The van der Waals surface area contributed by atoms with Gasteiger partial charge in [0.05, 0.1) is 42.0 Å². The molecule has 1 amide bonds. The first-order valence-corrected chi connectivity index (χ1v) is 14.6. The maximum Gasteiger partial charge on any atom is 0.320 e. The maximum atomic E-state index is 13.7. The smallest absolute Gasteiger partial charge is 0.320 e. The van der Waals surface area contributed by atoms with E-state index in [0.29, 0.717) is 66.8 Å². The number of nitrogens with zero attached hydrogens (tertiary/aromatic N) is 4. The molecule has 3 aliphatic heterocycles. The summed E-state index contributed by atoms with van der Waals surface area (Å²) in [4.78, 5) is 37.8. The lowest BCUT2D eigenvalue weighted by Crippen LogP contribution is -2.59. The molecule has 226 valence electrons. The number of carbonyl (C=O) groups is 2. The number of ether oxygens (including phenoxy) is 3. The van der Waals surface area contributed by atoms with E-state index >= 15 is 0 Å².